The van der Waals surface area contributed by atoms with Gasteiger partial charge in [-0.05, 0) is 19.3 Å². The van der Waals surface area contributed by atoms with Crippen molar-refractivity contribution in [2.75, 3.05) is 0 Å². The van der Waals surface area contributed by atoms with Crippen LogP contribution in [-0.4, -0.2) is 15.8 Å². The highest BCUT2D eigenvalue weighted by atomic mass is 35.5. The van der Waals surface area contributed by atoms with Crippen LogP contribution in [-0.2, 0) is 13.6 Å². The maximum Gasteiger partial charge on any atom is 0.131 e. The quantitative estimate of drug-likeness (QED) is 0.862. The van der Waals surface area contributed by atoms with E-state index in [0.717, 1.165) is 29.4 Å². The van der Waals surface area contributed by atoms with Gasteiger partial charge in [-0.25, -0.2) is 0 Å². The Bertz CT molecular complexity index is 344. The molecule has 0 saturated heterocycles. The van der Waals surface area contributed by atoms with Crippen molar-refractivity contribution in [3.63, 3.8) is 0 Å². The van der Waals surface area contributed by atoms with Crippen LogP contribution in [0.25, 0.3) is 0 Å². The molecule has 0 saturated carbocycles. The average molecular weight is 244 g/mol. The second-order valence-corrected chi connectivity index (χ2v) is 4.98. The fraction of sp³-hybridized carbons (Fsp3) is 0.750. The number of aryl methyl sites for hydroxylation is 2. The number of rotatable bonds is 5. The molecule has 1 rings (SSSR count). The van der Waals surface area contributed by atoms with E-state index in [1.54, 1.807) is 4.68 Å². The molecule has 0 bridgehead atoms. The number of nitrogens with one attached hydrogen (secondary N) is 1. The summed E-state index contributed by atoms with van der Waals surface area (Å²) >= 11 is 6.18. The van der Waals surface area contributed by atoms with E-state index in [1.165, 1.54) is 0 Å². The molecule has 0 aliphatic carbocycles. The molecule has 0 radical (unpaired) electrons. The van der Waals surface area contributed by atoms with Crippen LogP contribution in [0.3, 0.4) is 0 Å². The van der Waals surface area contributed by atoms with E-state index < -0.39 is 0 Å². The summed E-state index contributed by atoms with van der Waals surface area (Å²) in [4.78, 5) is 0. The Morgan fingerprint density at radius 1 is 1.44 bits per heavy atom. The van der Waals surface area contributed by atoms with E-state index in [9.17, 15) is 0 Å². The predicted molar refractivity (Wildman–Crippen MR) is 68.7 cm³/mol. The molecule has 0 aliphatic heterocycles. The zero-order valence-electron chi connectivity index (χ0n) is 10.8. The summed E-state index contributed by atoms with van der Waals surface area (Å²) in [6.45, 7) is 9.47. The van der Waals surface area contributed by atoms with E-state index in [4.69, 9.17) is 11.6 Å². The van der Waals surface area contributed by atoms with Crippen molar-refractivity contribution in [2.45, 2.75) is 46.7 Å². The minimum Gasteiger partial charge on any atom is -0.309 e. The third-order valence-electron chi connectivity index (χ3n) is 3.06. The van der Waals surface area contributed by atoms with Crippen molar-refractivity contribution in [2.24, 2.45) is 13.0 Å². The summed E-state index contributed by atoms with van der Waals surface area (Å²) in [5.74, 6) is 0.640. The van der Waals surface area contributed by atoms with Gasteiger partial charge in [0.2, 0.25) is 0 Å². The van der Waals surface area contributed by atoms with Crippen molar-refractivity contribution in [3.05, 3.63) is 16.4 Å². The molecule has 0 spiro atoms. The molecule has 4 heteroatoms. The second-order valence-electron chi connectivity index (χ2n) is 4.62. The second kappa shape index (κ2) is 5.69. The molecule has 92 valence electrons. The first-order valence-electron chi connectivity index (χ1n) is 5.88. The molecule has 0 aromatic carbocycles. The Balaban J connectivity index is 2.67. The summed E-state index contributed by atoms with van der Waals surface area (Å²) in [5.41, 5.74) is 2.13. The van der Waals surface area contributed by atoms with Gasteiger partial charge in [0.05, 0.1) is 5.69 Å². The van der Waals surface area contributed by atoms with Gasteiger partial charge < -0.3 is 5.32 Å². The third-order valence-corrected chi connectivity index (χ3v) is 3.53. The molecule has 1 heterocycles. The maximum absolute atomic E-state index is 6.18. The van der Waals surface area contributed by atoms with Crippen LogP contribution in [0, 0.1) is 12.8 Å². The Morgan fingerprint density at radius 3 is 2.44 bits per heavy atom. The molecular weight excluding hydrogens is 222 g/mol. The van der Waals surface area contributed by atoms with E-state index >= 15 is 0 Å². The minimum atomic E-state index is 0.538. The molecule has 16 heavy (non-hydrogen) atoms. The lowest BCUT2D eigenvalue weighted by Crippen LogP contribution is -2.32. The first kappa shape index (κ1) is 13.5. The van der Waals surface area contributed by atoms with Gasteiger partial charge in [0, 0.05) is 25.2 Å². The van der Waals surface area contributed by atoms with Gasteiger partial charge in [-0.1, -0.05) is 32.4 Å². The minimum absolute atomic E-state index is 0.538. The molecule has 1 atom stereocenters. The highest BCUT2D eigenvalue weighted by Gasteiger charge is 2.14. The van der Waals surface area contributed by atoms with Crippen molar-refractivity contribution in [3.8, 4) is 0 Å². The largest absolute Gasteiger partial charge is 0.309 e. The molecule has 1 unspecified atom stereocenters. The molecule has 0 amide bonds. The number of hydrogen-bond acceptors (Lipinski definition) is 2. The zero-order valence-corrected chi connectivity index (χ0v) is 11.6. The average Bonchev–Trinajstić information content (AvgIpc) is 2.44. The summed E-state index contributed by atoms with van der Waals surface area (Å²) in [6.07, 6.45) is 1.13. The highest BCUT2D eigenvalue weighted by Crippen LogP contribution is 2.19. The van der Waals surface area contributed by atoms with Crippen LogP contribution >= 0.6 is 11.6 Å². The van der Waals surface area contributed by atoms with Crippen LogP contribution in [0.5, 0.6) is 0 Å². The number of nitrogens with zero attached hydrogens (tertiary/aromatic N) is 2. The zero-order chi connectivity index (χ0) is 12.3. The molecule has 1 aromatic rings. The fourth-order valence-electron chi connectivity index (χ4n) is 1.96. The lowest BCUT2D eigenvalue weighted by Gasteiger charge is -2.20. The van der Waals surface area contributed by atoms with Crippen molar-refractivity contribution in [1.29, 1.82) is 0 Å². The smallest absolute Gasteiger partial charge is 0.131 e. The molecule has 3 nitrogen and oxygen atoms in total. The van der Waals surface area contributed by atoms with Crippen LogP contribution in [0.4, 0.5) is 0 Å². The topological polar surface area (TPSA) is 29.9 Å². The third kappa shape index (κ3) is 2.98. The Morgan fingerprint density at radius 2 is 2.06 bits per heavy atom. The van der Waals surface area contributed by atoms with Gasteiger partial charge in [0.1, 0.15) is 5.15 Å². The van der Waals surface area contributed by atoms with Gasteiger partial charge >= 0.3 is 0 Å². The van der Waals surface area contributed by atoms with E-state index in [0.29, 0.717) is 12.0 Å². The Kier molecular flexibility index (Phi) is 4.81. The lowest BCUT2D eigenvalue weighted by atomic mass is 10.0. The number of halogens is 1. The standard InChI is InChI=1S/C12H22ClN3/c1-6-11(8(2)3)14-7-10-9(4)15-16(5)12(10)13/h8,11,14H,6-7H2,1-5H3. The lowest BCUT2D eigenvalue weighted by molar-refractivity contribution is 0.387. The first-order chi connectivity index (χ1) is 7.47. The molecule has 1 N–H and O–H groups in total. The first-order valence-corrected chi connectivity index (χ1v) is 6.26. The number of aromatic nitrogens is 2. The van der Waals surface area contributed by atoms with Crippen molar-refractivity contribution in [1.82, 2.24) is 15.1 Å². The van der Waals surface area contributed by atoms with E-state index in [2.05, 4.69) is 31.2 Å². The van der Waals surface area contributed by atoms with Crippen molar-refractivity contribution < 1.29 is 0 Å². The van der Waals surface area contributed by atoms with Gasteiger partial charge in [0.15, 0.2) is 0 Å². The van der Waals surface area contributed by atoms with Gasteiger partial charge in [-0.15, -0.1) is 0 Å². The predicted octanol–water partition coefficient (Wildman–Crippen LogP) is 2.91. The maximum atomic E-state index is 6.18. The molecule has 0 aliphatic rings. The summed E-state index contributed by atoms with van der Waals surface area (Å²) < 4.78 is 1.73. The SMILES string of the molecule is CCC(NCc1c(C)nn(C)c1Cl)C(C)C. The number of hydrogen-bond donors (Lipinski definition) is 1. The van der Waals surface area contributed by atoms with Gasteiger partial charge in [-0.2, -0.15) is 5.10 Å². The van der Waals surface area contributed by atoms with E-state index in [1.807, 2.05) is 14.0 Å². The summed E-state index contributed by atoms with van der Waals surface area (Å²) in [6, 6.07) is 0.538. The Hall–Kier alpha value is -0.540. The highest BCUT2D eigenvalue weighted by molar-refractivity contribution is 6.30. The Labute approximate surface area is 103 Å². The summed E-state index contributed by atoms with van der Waals surface area (Å²) in [5, 5.41) is 8.59. The van der Waals surface area contributed by atoms with Crippen LogP contribution in [0.2, 0.25) is 5.15 Å². The normalized spacial score (nSPS) is 13.4. The monoisotopic (exact) mass is 243 g/mol. The van der Waals surface area contributed by atoms with Crippen LogP contribution in [0.15, 0.2) is 0 Å². The summed E-state index contributed by atoms with van der Waals surface area (Å²) in [7, 11) is 1.87. The van der Waals surface area contributed by atoms with Gasteiger partial charge in [0.25, 0.3) is 0 Å². The molecule has 0 fully saturated rings. The van der Waals surface area contributed by atoms with Gasteiger partial charge in [-0.3, -0.25) is 4.68 Å². The van der Waals surface area contributed by atoms with Crippen LogP contribution < -0.4 is 5.32 Å². The molecule has 1 aromatic heterocycles. The molecular formula is C12H22ClN3. The van der Waals surface area contributed by atoms with Crippen LogP contribution in [0.1, 0.15) is 38.4 Å². The van der Waals surface area contributed by atoms with Crippen molar-refractivity contribution >= 4 is 11.6 Å². The van der Waals surface area contributed by atoms with E-state index in [-0.39, 0.29) is 0 Å². The fourth-order valence-corrected chi connectivity index (χ4v) is 2.20.